The van der Waals surface area contributed by atoms with Crippen LogP contribution in [0.2, 0.25) is 0 Å². The normalized spacial score (nSPS) is 10.3. The Balaban J connectivity index is 1.85. The van der Waals surface area contributed by atoms with Crippen LogP contribution in [0.1, 0.15) is 47.7 Å². The lowest BCUT2D eigenvalue weighted by atomic mass is 10.1. The van der Waals surface area contributed by atoms with E-state index in [4.69, 9.17) is 4.74 Å². The average Bonchev–Trinajstić information content (AvgIpc) is 2.61. The molecular formula is C21H24O2. The highest BCUT2D eigenvalue weighted by Gasteiger charge is 2.02. The highest BCUT2D eigenvalue weighted by molar-refractivity contribution is 6.04. The number of carbonyl (C=O) groups excluding carboxylic acids is 1. The van der Waals surface area contributed by atoms with Gasteiger partial charge in [-0.15, -0.1) is 0 Å². The third-order valence-electron chi connectivity index (χ3n) is 3.82. The molecule has 2 rings (SSSR count). The molecule has 0 fully saturated rings. The molecule has 0 saturated heterocycles. The van der Waals surface area contributed by atoms with Crippen molar-refractivity contribution in [3.05, 3.63) is 77.9 Å². The van der Waals surface area contributed by atoms with E-state index >= 15 is 0 Å². The molecule has 0 bridgehead atoms. The monoisotopic (exact) mass is 308 g/mol. The number of allylic oxidation sites excluding steroid dienone is 1. The van der Waals surface area contributed by atoms with E-state index in [1.807, 2.05) is 12.1 Å². The van der Waals surface area contributed by atoms with Crippen molar-refractivity contribution >= 4 is 5.78 Å². The predicted octanol–water partition coefficient (Wildman–Crippen LogP) is 5.37. The summed E-state index contributed by atoms with van der Waals surface area (Å²) in [4.78, 5) is 11.5. The minimum absolute atomic E-state index is 0.0739. The van der Waals surface area contributed by atoms with Crippen LogP contribution < -0.4 is 4.74 Å². The van der Waals surface area contributed by atoms with Crippen molar-refractivity contribution in [3.8, 4) is 5.75 Å². The highest BCUT2D eigenvalue weighted by atomic mass is 16.5. The SMILES string of the molecule is C=CC(=O)c1ccc(OCc2ccc(CCCCC)cc2)cc1. The van der Waals surface area contributed by atoms with Crippen molar-refractivity contribution in [2.24, 2.45) is 0 Å². The number of rotatable bonds is 9. The van der Waals surface area contributed by atoms with E-state index in [2.05, 4.69) is 37.8 Å². The number of hydrogen-bond acceptors (Lipinski definition) is 2. The van der Waals surface area contributed by atoms with Crippen molar-refractivity contribution < 1.29 is 9.53 Å². The number of ether oxygens (including phenoxy) is 1. The Morgan fingerprint density at radius 3 is 2.26 bits per heavy atom. The lowest BCUT2D eigenvalue weighted by Gasteiger charge is -2.08. The molecule has 0 heterocycles. The maximum absolute atomic E-state index is 11.5. The van der Waals surface area contributed by atoms with Gasteiger partial charge in [-0.3, -0.25) is 4.79 Å². The summed E-state index contributed by atoms with van der Waals surface area (Å²) in [7, 11) is 0. The van der Waals surface area contributed by atoms with Crippen LogP contribution >= 0.6 is 0 Å². The van der Waals surface area contributed by atoms with Crippen LogP contribution in [0.5, 0.6) is 5.75 Å². The fraction of sp³-hybridized carbons (Fsp3) is 0.286. The summed E-state index contributed by atoms with van der Waals surface area (Å²) >= 11 is 0. The maximum Gasteiger partial charge on any atom is 0.185 e. The van der Waals surface area contributed by atoms with Gasteiger partial charge in [0, 0.05) is 5.56 Å². The van der Waals surface area contributed by atoms with Gasteiger partial charge in [0.15, 0.2) is 5.78 Å². The molecule has 0 amide bonds. The molecule has 0 atom stereocenters. The summed E-state index contributed by atoms with van der Waals surface area (Å²) < 4.78 is 5.76. The molecule has 0 aliphatic heterocycles. The summed E-state index contributed by atoms with van der Waals surface area (Å²) in [6.45, 7) is 6.24. The fourth-order valence-corrected chi connectivity index (χ4v) is 2.38. The molecule has 0 spiro atoms. The van der Waals surface area contributed by atoms with E-state index in [1.165, 1.54) is 30.9 Å². The largest absolute Gasteiger partial charge is 0.489 e. The summed E-state index contributed by atoms with van der Waals surface area (Å²) in [5.74, 6) is 0.688. The number of benzene rings is 2. The zero-order chi connectivity index (χ0) is 16.5. The van der Waals surface area contributed by atoms with E-state index in [0.29, 0.717) is 12.2 Å². The zero-order valence-electron chi connectivity index (χ0n) is 13.8. The molecule has 0 aliphatic carbocycles. The number of unbranched alkanes of at least 4 members (excludes halogenated alkanes) is 2. The molecule has 2 nitrogen and oxygen atoms in total. The Bertz CT molecular complexity index is 624. The Hall–Kier alpha value is -2.35. The van der Waals surface area contributed by atoms with Crippen LogP contribution in [0.3, 0.4) is 0 Å². The van der Waals surface area contributed by atoms with Crippen molar-refractivity contribution in [2.75, 3.05) is 0 Å². The van der Waals surface area contributed by atoms with E-state index in [0.717, 1.165) is 17.7 Å². The average molecular weight is 308 g/mol. The van der Waals surface area contributed by atoms with Crippen LogP contribution in [0, 0.1) is 0 Å². The van der Waals surface area contributed by atoms with Crippen molar-refractivity contribution in [2.45, 2.75) is 39.2 Å². The molecule has 0 aromatic heterocycles. The van der Waals surface area contributed by atoms with Gasteiger partial charge >= 0.3 is 0 Å². The molecule has 2 heteroatoms. The van der Waals surface area contributed by atoms with Gasteiger partial charge < -0.3 is 4.74 Å². The second kappa shape index (κ2) is 8.94. The Kier molecular flexibility index (Phi) is 6.61. The summed E-state index contributed by atoms with van der Waals surface area (Å²) in [5.41, 5.74) is 3.16. The topological polar surface area (TPSA) is 26.3 Å². The van der Waals surface area contributed by atoms with Crippen molar-refractivity contribution in [1.29, 1.82) is 0 Å². The van der Waals surface area contributed by atoms with E-state index in [-0.39, 0.29) is 5.78 Å². The lowest BCUT2D eigenvalue weighted by molar-refractivity contribution is 0.104. The molecule has 0 radical (unpaired) electrons. The second-order valence-electron chi connectivity index (χ2n) is 5.66. The molecule has 0 N–H and O–H groups in total. The second-order valence-corrected chi connectivity index (χ2v) is 5.66. The molecule has 0 unspecified atom stereocenters. The van der Waals surface area contributed by atoms with Gasteiger partial charge in [0.1, 0.15) is 12.4 Å². The molecule has 2 aromatic carbocycles. The van der Waals surface area contributed by atoms with Gasteiger partial charge in [-0.25, -0.2) is 0 Å². The Labute approximate surface area is 138 Å². The predicted molar refractivity (Wildman–Crippen MR) is 95.0 cm³/mol. The number of hydrogen-bond donors (Lipinski definition) is 0. The Morgan fingerprint density at radius 1 is 1.00 bits per heavy atom. The van der Waals surface area contributed by atoms with Gasteiger partial charge in [0.25, 0.3) is 0 Å². The van der Waals surface area contributed by atoms with Crippen molar-refractivity contribution in [3.63, 3.8) is 0 Å². The first-order chi connectivity index (χ1) is 11.2. The minimum Gasteiger partial charge on any atom is -0.489 e. The van der Waals surface area contributed by atoms with Gasteiger partial charge in [0.2, 0.25) is 0 Å². The standard InChI is InChI=1S/C21H24O2/c1-3-5-6-7-17-8-10-18(11-9-17)16-23-20-14-12-19(13-15-20)21(22)4-2/h4,8-15H,2-3,5-7,16H2,1H3. The van der Waals surface area contributed by atoms with Crippen molar-refractivity contribution in [1.82, 2.24) is 0 Å². The number of carbonyl (C=O) groups is 1. The first-order valence-corrected chi connectivity index (χ1v) is 8.20. The van der Waals surface area contributed by atoms with Crippen LogP contribution in [-0.4, -0.2) is 5.78 Å². The minimum atomic E-state index is -0.0739. The third-order valence-corrected chi connectivity index (χ3v) is 3.82. The summed E-state index contributed by atoms with van der Waals surface area (Å²) in [6, 6.07) is 15.8. The first kappa shape index (κ1) is 17.0. The summed E-state index contributed by atoms with van der Waals surface area (Å²) in [5, 5.41) is 0. The number of ketones is 1. The zero-order valence-corrected chi connectivity index (χ0v) is 13.8. The number of aryl methyl sites for hydroxylation is 1. The molecule has 0 saturated carbocycles. The van der Waals surface area contributed by atoms with Crippen LogP contribution in [0.15, 0.2) is 61.2 Å². The smallest absolute Gasteiger partial charge is 0.185 e. The van der Waals surface area contributed by atoms with Crippen LogP contribution in [0.25, 0.3) is 0 Å². The molecule has 0 aliphatic rings. The summed E-state index contributed by atoms with van der Waals surface area (Å²) in [6.07, 6.45) is 6.26. The Morgan fingerprint density at radius 2 is 1.65 bits per heavy atom. The van der Waals surface area contributed by atoms with E-state index < -0.39 is 0 Å². The van der Waals surface area contributed by atoms with E-state index in [1.54, 1.807) is 12.1 Å². The molecule has 120 valence electrons. The van der Waals surface area contributed by atoms with E-state index in [9.17, 15) is 4.79 Å². The maximum atomic E-state index is 11.5. The fourth-order valence-electron chi connectivity index (χ4n) is 2.38. The quantitative estimate of drug-likeness (QED) is 0.354. The van der Waals surface area contributed by atoms with Gasteiger partial charge in [0.05, 0.1) is 0 Å². The molecule has 2 aromatic rings. The first-order valence-electron chi connectivity index (χ1n) is 8.20. The molecule has 23 heavy (non-hydrogen) atoms. The van der Waals surface area contributed by atoms with Gasteiger partial charge in [-0.2, -0.15) is 0 Å². The highest BCUT2D eigenvalue weighted by Crippen LogP contribution is 2.16. The van der Waals surface area contributed by atoms with Crippen LogP contribution in [0.4, 0.5) is 0 Å². The molecular weight excluding hydrogens is 284 g/mol. The van der Waals surface area contributed by atoms with Crippen LogP contribution in [-0.2, 0) is 13.0 Å². The third kappa shape index (κ3) is 5.41. The van der Waals surface area contributed by atoms with Gasteiger partial charge in [-0.05, 0) is 54.3 Å². The van der Waals surface area contributed by atoms with Gasteiger partial charge in [-0.1, -0.05) is 50.6 Å². The lowest BCUT2D eigenvalue weighted by Crippen LogP contribution is -1.97.